The zero-order valence-electron chi connectivity index (χ0n) is 12.7. The van der Waals surface area contributed by atoms with Crippen LogP contribution in [-0.4, -0.2) is 23.7 Å². The molecular weight excluding hydrogens is 268 g/mol. The molecule has 0 amide bonds. The van der Waals surface area contributed by atoms with Crippen molar-refractivity contribution in [1.29, 1.82) is 0 Å². The van der Waals surface area contributed by atoms with Crippen LogP contribution in [0.3, 0.4) is 0 Å². The second-order valence-corrected chi connectivity index (χ2v) is 6.03. The zero-order chi connectivity index (χ0) is 14.8. The van der Waals surface area contributed by atoms with E-state index in [1.807, 2.05) is 6.07 Å². The Labute approximate surface area is 131 Å². The first-order valence-corrected chi connectivity index (χ1v) is 8.06. The minimum absolute atomic E-state index is 0.611. The van der Waals surface area contributed by atoms with Crippen molar-refractivity contribution in [3.63, 3.8) is 0 Å². The van der Waals surface area contributed by atoms with Gasteiger partial charge in [0.05, 0.1) is 17.1 Å². The van der Waals surface area contributed by atoms with Gasteiger partial charge in [0.1, 0.15) is 0 Å². The first-order chi connectivity index (χ1) is 10.9. The molecule has 110 valence electrons. The number of piperidine rings is 3. The lowest BCUT2D eigenvalue weighted by Crippen LogP contribution is -2.46. The molecule has 0 radical (unpaired) electrons. The quantitative estimate of drug-likeness (QED) is 0.793. The lowest BCUT2D eigenvalue weighted by Gasteiger charge is -2.43. The van der Waals surface area contributed by atoms with Gasteiger partial charge in [-0.1, -0.05) is 48.5 Å². The van der Waals surface area contributed by atoms with Crippen molar-refractivity contribution in [2.75, 3.05) is 13.1 Å². The summed E-state index contributed by atoms with van der Waals surface area (Å²) >= 11 is 0. The Balaban J connectivity index is 1.77. The Hall–Kier alpha value is -2.35. The molecule has 3 aliphatic rings. The molecule has 2 aromatic rings. The highest BCUT2D eigenvalue weighted by Gasteiger charge is 2.34. The van der Waals surface area contributed by atoms with Crippen LogP contribution in [0.15, 0.2) is 71.4 Å². The van der Waals surface area contributed by atoms with E-state index in [1.54, 1.807) is 0 Å². The van der Waals surface area contributed by atoms with Crippen molar-refractivity contribution >= 4 is 17.5 Å². The van der Waals surface area contributed by atoms with E-state index in [-0.39, 0.29) is 0 Å². The Morgan fingerprint density at radius 3 is 2.18 bits per heavy atom. The molecule has 5 rings (SSSR count). The Morgan fingerprint density at radius 1 is 0.864 bits per heavy atom. The maximum Gasteiger partial charge on any atom is 0.0676 e. The number of hydrogen-bond acceptors (Lipinski definition) is 2. The van der Waals surface area contributed by atoms with Crippen molar-refractivity contribution < 1.29 is 0 Å². The number of rotatable bonds is 2. The highest BCUT2D eigenvalue weighted by atomic mass is 15.2. The standard InChI is InChI=1S/C20H20N2/c1-3-7-16(8-4-1)15-19-20(17-11-13-22(19)14-12-17)21-18-9-5-2-6-10-18/h1-10,15,17H,11-14H2. The summed E-state index contributed by atoms with van der Waals surface area (Å²) in [6, 6.07) is 20.9. The Bertz CT molecular complexity index is 630. The summed E-state index contributed by atoms with van der Waals surface area (Å²) in [7, 11) is 0. The molecule has 0 N–H and O–H groups in total. The minimum atomic E-state index is 0.611. The number of nitrogens with zero attached hydrogens (tertiary/aromatic N) is 2. The van der Waals surface area contributed by atoms with Crippen LogP contribution >= 0.6 is 0 Å². The molecule has 3 aliphatic heterocycles. The van der Waals surface area contributed by atoms with Crippen LogP contribution in [0.25, 0.3) is 6.08 Å². The fourth-order valence-electron chi connectivity index (χ4n) is 3.43. The van der Waals surface area contributed by atoms with Crippen LogP contribution < -0.4 is 0 Å². The van der Waals surface area contributed by atoms with Gasteiger partial charge in [-0.05, 0) is 36.6 Å². The number of hydrogen-bond donors (Lipinski definition) is 0. The molecule has 3 saturated heterocycles. The minimum Gasteiger partial charge on any atom is -0.370 e. The number of benzene rings is 2. The van der Waals surface area contributed by atoms with Crippen LogP contribution in [0.4, 0.5) is 5.69 Å². The van der Waals surface area contributed by atoms with Gasteiger partial charge in [0.2, 0.25) is 0 Å². The van der Waals surface area contributed by atoms with Gasteiger partial charge in [-0.3, -0.25) is 4.99 Å². The van der Waals surface area contributed by atoms with Gasteiger partial charge in [0.25, 0.3) is 0 Å². The number of fused-ring (bicyclic) bond motifs is 3. The van der Waals surface area contributed by atoms with E-state index in [9.17, 15) is 0 Å². The molecule has 0 unspecified atom stereocenters. The molecule has 0 aromatic heterocycles. The van der Waals surface area contributed by atoms with Crippen LogP contribution in [0.2, 0.25) is 0 Å². The predicted octanol–water partition coefficient (Wildman–Crippen LogP) is 4.53. The van der Waals surface area contributed by atoms with Gasteiger partial charge < -0.3 is 4.90 Å². The maximum absolute atomic E-state index is 4.99. The molecule has 3 heterocycles. The molecule has 0 aliphatic carbocycles. The van der Waals surface area contributed by atoms with Gasteiger partial charge in [0, 0.05) is 19.0 Å². The van der Waals surface area contributed by atoms with E-state index in [1.165, 1.54) is 29.8 Å². The van der Waals surface area contributed by atoms with E-state index < -0.39 is 0 Å². The fraction of sp³-hybridized carbons (Fsp3) is 0.250. The summed E-state index contributed by atoms with van der Waals surface area (Å²) in [4.78, 5) is 7.48. The molecule has 2 bridgehead atoms. The lowest BCUT2D eigenvalue weighted by atomic mass is 9.83. The van der Waals surface area contributed by atoms with E-state index in [2.05, 4.69) is 65.6 Å². The van der Waals surface area contributed by atoms with E-state index in [4.69, 9.17) is 4.99 Å². The Morgan fingerprint density at radius 2 is 1.50 bits per heavy atom. The number of allylic oxidation sites excluding steroid dienone is 1. The SMILES string of the molecule is C(=C1C(=Nc2ccccc2)C2CCN1CC2)c1ccccc1. The van der Waals surface area contributed by atoms with Gasteiger partial charge in [-0.15, -0.1) is 0 Å². The van der Waals surface area contributed by atoms with E-state index in [0.29, 0.717) is 5.92 Å². The second kappa shape index (κ2) is 5.80. The molecule has 3 fully saturated rings. The van der Waals surface area contributed by atoms with Crippen molar-refractivity contribution in [2.24, 2.45) is 10.9 Å². The lowest BCUT2D eigenvalue weighted by molar-refractivity contribution is 0.242. The normalized spacial score (nSPS) is 21.7. The van der Waals surface area contributed by atoms with Gasteiger partial charge >= 0.3 is 0 Å². The monoisotopic (exact) mass is 288 g/mol. The molecule has 0 spiro atoms. The van der Waals surface area contributed by atoms with Crippen molar-refractivity contribution in [3.8, 4) is 0 Å². The third-order valence-electron chi connectivity index (χ3n) is 4.59. The predicted molar refractivity (Wildman–Crippen MR) is 92.3 cm³/mol. The number of para-hydroxylation sites is 1. The van der Waals surface area contributed by atoms with Crippen LogP contribution in [0.1, 0.15) is 18.4 Å². The average molecular weight is 288 g/mol. The topological polar surface area (TPSA) is 15.6 Å². The summed E-state index contributed by atoms with van der Waals surface area (Å²) in [5, 5.41) is 0. The first kappa shape index (κ1) is 13.3. The molecule has 22 heavy (non-hydrogen) atoms. The summed E-state index contributed by atoms with van der Waals surface area (Å²) < 4.78 is 0. The summed E-state index contributed by atoms with van der Waals surface area (Å²) in [6.07, 6.45) is 4.77. The van der Waals surface area contributed by atoms with E-state index in [0.717, 1.165) is 18.8 Å². The van der Waals surface area contributed by atoms with Gasteiger partial charge in [-0.2, -0.15) is 0 Å². The highest BCUT2D eigenvalue weighted by molar-refractivity contribution is 6.07. The van der Waals surface area contributed by atoms with Crippen LogP contribution in [-0.2, 0) is 0 Å². The van der Waals surface area contributed by atoms with Crippen molar-refractivity contribution in [1.82, 2.24) is 4.90 Å². The molecule has 2 heteroatoms. The summed E-state index contributed by atoms with van der Waals surface area (Å²) in [5.41, 5.74) is 4.90. The zero-order valence-corrected chi connectivity index (χ0v) is 12.7. The fourth-order valence-corrected chi connectivity index (χ4v) is 3.43. The first-order valence-electron chi connectivity index (χ1n) is 8.06. The molecule has 2 aromatic carbocycles. The molecular formula is C20H20N2. The third kappa shape index (κ3) is 2.57. The maximum atomic E-state index is 4.99. The largest absolute Gasteiger partial charge is 0.370 e. The summed E-state index contributed by atoms with van der Waals surface area (Å²) in [5.74, 6) is 0.611. The van der Waals surface area contributed by atoms with Crippen molar-refractivity contribution in [3.05, 3.63) is 71.9 Å². The Kier molecular flexibility index (Phi) is 3.51. The average Bonchev–Trinajstić information content (AvgIpc) is 2.60. The smallest absolute Gasteiger partial charge is 0.0676 e. The third-order valence-corrected chi connectivity index (χ3v) is 4.59. The van der Waals surface area contributed by atoms with Crippen molar-refractivity contribution in [2.45, 2.75) is 12.8 Å². The second-order valence-electron chi connectivity index (χ2n) is 6.03. The number of aliphatic imine (C=N–C) groups is 1. The summed E-state index contributed by atoms with van der Waals surface area (Å²) in [6.45, 7) is 2.33. The molecule has 0 saturated carbocycles. The van der Waals surface area contributed by atoms with Crippen LogP contribution in [0.5, 0.6) is 0 Å². The molecule has 2 nitrogen and oxygen atoms in total. The molecule has 0 atom stereocenters. The van der Waals surface area contributed by atoms with Crippen LogP contribution in [0, 0.1) is 5.92 Å². The van der Waals surface area contributed by atoms with Gasteiger partial charge in [0.15, 0.2) is 0 Å². The van der Waals surface area contributed by atoms with Gasteiger partial charge in [-0.25, -0.2) is 0 Å². The van der Waals surface area contributed by atoms with E-state index >= 15 is 0 Å². The highest BCUT2D eigenvalue weighted by Crippen LogP contribution is 2.35.